The molecule has 0 bridgehead atoms. The maximum atomic E-state index is 12.4. The maximum absolute atomic E-state index is 12.4. The highest BCUT2D eigenvalue weighted by Crippen LogP contribution is 2.35. The van der Waals surface area contributed by atoms with Gasteiger partial charge in [-0.1, -0.05) is 0 Å². The highest BCUT2D eigenvalue weighted by Gasteiger charge is 2.33. The molecule has 1 heterocycles. The van der Waals surface area contributed by atoms with E-state index in [-0.39, 0.29) is 16.2 Å². The van der Waals surface area contributed by atoms with E-state index in [9.17, 15) is 22.8 Å². The van der Waals surface area contributed by atoms with Crippen LogP contribution in [0.15, 0.2) is 23.1 Å². The molecule has 16 heavy (non-hydrogen) atoms. The van der Waals surface area contributed by atoms with Crippen molar-refractivity contribution in [1.29, 1.82) is 0 Å². The Morgan fingerprint density at radius 2 is 1.88 bits per heavy atom. The topological polar surface area (TPSA) is 34.1 Å². The molecule has 1 aliphatic heterocycles. The third kappa shape index (κ3) is 1.84. The number of halogens is 3. The summed E-state index contributed by atoms with van der Waals surface area (Å²) >= 11 is 0.960. The van der Waals surface area contributed by atoms with Gasteiger partial charge in [0.05, 0.1) is 11.3 Å². The van der Waals surface area contributed by atoms with Crippen LogP contribution in [-0.2, 0) is 11.0 Å². The summed E-state index contributed by atoms with van der Waals surface area (Å²) in [6, 6.07) is 2.78. The molecule has 0 aliphatic carbocycles. The van der Waals surface area contributed by atoms with Gasteiger partial charge in [-0.05, 0) is 18.2 Å². The summed E-state index contributed by atoms with van der Waals surface area (Å²) in [4.78, 5) is 22.6. The first kappa shape index (κ1) is 11.2. The monoisotopic (exact) mass is 246 g/mol. The van der Waals surface area contributed by atoms with E-state index in [0.717, 1.165) is 30.0 Å². The highest BCUT2D eigenvalue weighted by atomic mass is 32.2. The molecule has 0 amide bonds. The van der Waals surface area contributed by atoms with Crippen molar-refractivity contribution in [2.75, 3.05) is 5.75 Å². The van der Waals surface area contributed by atoms with Crippen LogP contribution in [0.1, 0.15) is 15.9 Å². The van der Waals surface area contributed by atoms with Crippen LogP contribution in [0.3, 0.4) is 0 Å². The fraction of sp³-hybridized carbons (Fsp3) is 0.200. The average Bonchev–Trinajstić information content (AvgIpc) is 2.22. The fourth-order valence-corrected chi connectivity index (χ4v) is 2.31. The molecule has 1 aliphatic rings. The second-order valence-electron chi connectivity index (χ2n) is 3.25. The summed E-state index contributed by atoms with van der Waals surface area (Å²) in [5, 5.41) is 0. The molecule has 1 aromatic rings. The Kier molecular flexibility index (Phi) is 2.53. The first-order valence-electron chi connectivity index (χ1n) is 4.31. The Labute approximate surface area is 92.8 Å². The summed E-state index contributed by atoms with van der Waals surface area (Å²) in [7, 11) is 0. The van der Waals surface area contributed by atoms with E-state index in [1.54, 1.807) is 0 Å². The number of ketones is 2. The molecule has 84 valence electrons. The standard InChI is InChI=1S/C10H5F3O2S/c11-10(12,13)5-1-2-6-8(3-5)16-4-7(14)9(6)15/h1-3H,4H2. The van der Waals surface area contributed by atoms with E-state index in [0.29, 0.717) is 0 Å². The average molecular weight is 246 g/mol. The minimum absolute atomic E-state index is 0.0641. The van der Waals surface area contributed by atoms with Gasteiger partial charge in [-0.3, -0.25) is 9.59 Å². The summed E-state index contributed by atoms with van der Waals surface area (Å²) in [6.07, 6.45) is -4.43. The zero-order valence-corrected chi connectivity index (χ0v) is 8.61. The van der Waals surface area contributed by atoms with Gasteiger partial charge < -0.3 is 0 Å². The summed E-state index contributed by atoms with van der Waals surface area (Å²) in [5.41, 5.74) is -0.741. The molecule has 0 fully saturated rings. The van der Waals surface area contributed by atoms with Gasteiger partial charge in [0.2, 0.25) is 11.6 Å². The second-order valence-corrected chi connectivity index (χ2v) is 4.27. The number of Topliss-reactive ketones (excluding diaryl/α,β-unsaturated/α-hetero) is 2. The van der Waals surface area contributed by atoms with Crippen molar-refractivity contribution in [3.05, 3.63) is 29.3 Å². The van der Waals surface area contributed by atoms with Crippen LogP contribution in [0.5, 0.6) is 0 Å². The lowest BCUT2D eigenvalue weighted by Crippen LogP contribution is -2.22. The van der Waals surface area contributed by atoms with Gasteiger partial charge in [-0.2, -0.15) is 13.2 Å². The number of rotatable bonds is 0. The van der Waals surface area contributed by atoms with Gasteiger partial charge >= 0.3 is 6.18 Å². The molecule has 0 saturated carbocycles. The Balaban J connectivity index is 2.49. The number of carbonyl (C=O) groups is 2. The third-order valence-electron chi connectivity index (χ3n) is 2.17. The van der Waals surface area contributed by atoms with Gasteiger partial charge in [0.1, 0.15) is 0 Å². The molecule has 2 nitrogen and oxygen atoms in total. The van der Waals surface area contributed by atoms with Crippen LogP contribution in [-0.4, -0.2) is 17.3 Å². The zero-order chi connectivity index (χ0) is 11.9. The molecular weight excluding hydrogens is 241 g/mol. The predicted octanol–water partition coefficient (Wildman–Crippen LogP) is 2.56. The van der Waals surface area contributed by atoms with Crippen molar-refractivity contribution in [1.82, 2.24) is 0 Å². The lowest BCUT2D eigenvalue weighted by Gasteiger charge is -2.15. The zero-order valence-electron chi connectivity index (χ0n) is 7.80. The van der Waals surface area contributed by atoms with Crippen molar-refractivity contribution in [2.24, 2.45) is 0 Å². The van der Waals surface area contributed by atoms with Gasteiger partial charge in [0, 0.05) is 10.5 Å². The number of carbonyl (C=O) groups excluding carboxylic acids is 2. The molecule has 0 atom stereocenters. The Bertz CT molecular complexity index is 479. The van der Waals surface area contributed by atoms with Crippen molar-refractivity contribution in [3.8, 4) is 0 Å². The number of hydrogen-bond donors (Lipinski definition) is 0. The SMILES string of the molecule is O=C1CSc2cc(C(F)(F)F)ccc2C1=O. The molecule has 2 rings (SSSR count). The van der Waals surface area contributed by atoms with Gasteiger partial charge in [-0.15, -0.1) is 11.8 Å². The molecule has 0 N–H and O–H groups in total. The normalized spacial score (nSPS) is 16.2. The van der Waals surface area contributed by atoms with Crippen molar-refractivity contribution in [2.45, 2.75) is 11.1 Å². The molecule has 0 saturated heterocycles. The highest BCUT2D eigenvalue weighted by molar-refractivity contribution is 8.00. The molecular formula is C10H5F3O2S. The van der Waals surface area contributed by atoms with Gasteiger partial charge in [-0.25, -0.2) is 0 Å². The molecule has 0 unspecified atom stereocenters. The van der Waals surface area contributed by atoms with Crippen LogP contribution < -0.4 is 0 Å². The molecule has 0 aromatic heterocycles. The van der Waals surface area contributed by atoms with Crippen molar-refractivity contribution >= 4 is 23.3 Å². The quantitative estimate of drug-likeness (QED) is 0.660. The van der Waals surface area contributed by atoms with E-state index in [1.165, 1.54) is 0 Å². The van der Waals surface area contributed by atoms with E-state index in [4.69, 9.17) is 0 Å². The van der Waals surface area contributed by atoms with Crippen molar-refractivity contribution < 1.29 is 22.8 Å². The minimum atomic E-state index is -4.43. The minimum Gasteiger partial charge on any atom is -0.290 e. The predicted molar refractivity (Wildman–Crippen MR) is 51.5 cm³/mol. The number of fused-ring (bicyclic) bond motifs is 1. The first-order chi connectivity index (χ1) is 7.39. The van der Waals surface area contributed by atoms with Crippen LogP contribution in [0.4, 0.5) is 13.2 Å². The number of benzene rings is 1. The smallest absolute Gasteiger partial charge is 0.290 e. The Morgan fingerprint density at radius 1 is 1.19 bits per heavy atom. The molecule has 0 radical (unpaired) electrons. The van der Waals surface area contributed by atoms with E-state index >= 15 is 0 Å². The number of thioether (sulfide) groups is 1. The number of hydrogen-bond acceptors (Lipinski definition) is 3. The van der Waals surface area contributed by atoms with Crippen LogP contribution >= 0.6 is 11.8 Å². The van der Waals surface area contributed by atoms with Gasteiger partial charge in [0.15, 0.2) is 0 Å². The van der Waals surface area contributed by atoms with Gasteiger partial charge in [0.25, 0.3) is 0 Å². The fourth-order valence-electron chi connectivity index (χ4n) is 1.36. The van der Waals surface area contributed by atoms with Crippen molar-refractivity contribution in [3.63, 3.8) is 0 Å². The van der Waals surface area contributed by atoms with Crippen LogP contribution in [0, 0.1) is 0 Å². The van der Waals surface area contributed by atoms with Crippen LogP contribution in [0.25, 0.3) is 0 Å². The van der Waals surface area contributed by atoms with E-state index < -0.39 is 23.3 Å². The molecule has 6 heteroatoms. The summed E-state index contributed by atoms with van der Waals surface area (Å²) < 4.78 is 37.1. The summed E-state index contributed by atoms with van der Waals surface area (Å²) in [5.74, 6) is -1.37. The second kappa shape index (κ2) is 3.62. The third-order valence-corrected chi connectivity index (χ3v) is 3.22. The number of alkyl halides is 3. The Morgan fingerprint density at radius 3 is 2.50 bits per heavy atom. The lowest BCUT2D eigenvalue weighted by molar-refractivity contribution is -0.137. The van der Waals surface area contributed by atoms with E-state index in [1.807, 2.05) is 0 Å². The maximum Gasteiger partial charge on any atom is 0.416 e. The first-order valence-corrected chi connectivity index (χ1v) is 5.30. The molecule has 1 aromatic carbocycles. The lowest BCUT2D eigenvalue weighted by atomic mass is 10.1. The summed E-state index contributed by atoms with van der Waals surface area (Å²) in [6.45, 7) is 0. The Hall–Kier alpha value is -1.30. The van der Waals surface area contributed by atoms with E-state index in [2.05, 4.69) is 0 Å². The largest absolute Gasteiger partial charge is 0.416 e. The van der Waals surface area contributed by atoms with Crippen LogP contribution in [0.2, 0.25) is 0 Å². The molecule has 0 spiro atoms.